The lowest BCUT2D eigenvalue weighted by atomic mass is 10.3. The molecule has 0 aliphatic carbocycles. The number of nitrogens with one attached hydrogen (secondary N) is 1. The number of rotatable bonds is 2. The molecule has 1 amide bonds. The highest BCUT2D eigenvalue weighted by molar-refractivity contribution is 6.42. The van der Waals surface area contributed by atoms with Gasteiger partial charge in [-0.3, -0.25) is 4.79 Å². The number of hydrogen-bond donors (Lipinski definition) is 2. The molecule has 0 spiro atoms. The molecule has 4 nitrogen and oxygen atoms in total. The number of halogens is 3. The van der Waals surface area contributed by atoms with E-state index in [-0.39, 0.29) is 27.2 Å². The van der Waals surface area contributed by atoms with Crippen molar-refractivity contribution in [3.8, 4) is 0 Å². The Morgan fingerprint density at radius 1 is 1.16 bits per heavy atom. The van der Waals surface area contributed by atoms with Crippen molar-refractivity contribution >= 4 is 52.2 Å². The number of benzene rings is 1. The number of hydrogen-bond acceptors (Lipinski definition) is 3. The molecule has 0 aliphatic rings. The molecule has 0 unspecified atom stereocenters. The van der Waals surface area contributed by atoms with Gasteiger partial charge in [0, 0.05) is 5.02 Å². The summed E-state index contributed by atoms with van der Waals surface area (Å²) < 4.78 is 0. The Morgan fingerprint density at radius 2 is 1.79 bits per heavy atom. The van der Waals surface area contributed by atoms with Crippen LogP contribution >= 0.6 is 34.8 Å². The van der Waals surface area contributed by atoms with Crippen LogP contribution in [0.5, 0.6) is 0 Å². The molecular weight excluding hydrogens is 309 g/mol. The number of nitrogens with two attached hydrogens (primary N) is 1. The van der Waals surface area contributed by atoms with Crippen LogP contribution < -0.4 is 11.1 Å². The molecule has 0 atom stereocenters. The topological polar surface area (TPSA) is 68.0 Å². The molecule has 0 radical (unpaired) electrons. The van der Waals surface area contributed by atoms with Crippen LogP contribution in [0.1, 0.15) is 10.5 Å². The highest BCUT2D eigenvalue weighted by Crippen LogP contribution is 2.33. The van der Waals surface area contributed by atoms with E-state index in [4.69, 9.17) is 40.5 Å². The summed E-state index contributed by atoms with van der Waals surface area (Å²) in [7, 11) is 0. The third-order valence-electron chi connectivity index (χ3n) is 2.25. The minimum absolute atomic E-state index is 0.169. The Bertz CT molecular complexity index is 623. The third kappa shape index (κ3) is 3.29. The highest BCUT2D eigenvalue weighted by atomic mass is 35.5. The summed E-state index contributed by atoms with van der Waals surface area (Å²) in [6.45, 7) is 0. The summed E-state index contributed by atoms with van der Waals surface area (Å²) in [5, 5.41) is 3.44. The Morgan fingerprint density at radius 3 is 2.37 bits per heavy atom. The molecule has 0 fully saturated rings. The Labute approximate surface area is 124 Å². The highest BCUT2D eigenvalue weighted by Gasteiger charge is 2.13. The fraction of sp³-hybridized carbons (Fsp3) is 0. The normalized spacial score (nSPS) is 10.3. The average molecular weight is 317 g/mol. The van der Waals surface area contributed by atoms with Crippen molar-refractivity contribution in [2.45, 2.75) is 0 Å². The molecule has 1 aromatic heterocycles. The number of amides is 1. The van der Waals surface area contributed by atoms with Gasteiger partial charge in [0.15, 0.2) is 0 Å². The summed E-state index contributed by atoms with van der Waals surface area (Å²) in [5.41, 5.74) is 5.96. The number of nitrogen functional groups attached to an aromatic ring is 1. The van der Waals surface area contributed by atoms with Gasteiger partial charge in [0.1, 0.15) is 11.5 Å². The second-order valence-corrected chi connectivity index (χ2v) is 4.90. The molecule has 3 N–H and O–H groups in total. The van der Waals surface area contributed by atoms with Gasteiger partial charge in [-0.1, -0.05) is 40.9 Å². The molecule has 1 heterocycles. The lowest BCUT2D eigenvalue weighted by molar-refractivity contribution is 0.102. The first-order valence-corrected chi connectivity index (χ1v) is 6.29. The second kappa shape index (κ2) is 5.65. The monoisotopic (exact) mass is 315 g/mol. The van der Waals surface area contributed by atoms with Gasteiger partial charge in [-0.05, 0) is 24.3 Å². The van der Waals surface area contributed by atoms with Crippen molar-refractivity contribution in [1.29, 1.82) is 0 Å². The Balaban J connectivity index is 2.29. The van der Waals surface area contributed by atoms with Gasteiger partial charge in [0.25, 0.3) is 5.91 Å². The van der Waals surface area contributed by atoms with Crippen LogP contribution in [-0.2, 0) is 0 Å². The number of aromatic nitrogens is 1. The van der Waals surface area contributed by atoms with E-state index in [2.05, 4.69) is 10.3 Å². The van der Waals surface area contributed by atoms with Crippen molar-refractivity contribution in [3.05, 3.63) is 51.1 Å². The fourth-order valence-corrected chi connectivity index (χ4v) is 2.33. The predicted octanol–water partition coefficient (Wildman–Crippen LogP) is 3.88. The van der Waals surface area contributed by atoms with E-state index in [1.165, 1.54) is 18.2 Å². The zero-order valence-corrected chi connectivity index (χ0v) is 11.7. The standard InChI is InChI=1S/C12H8Cl3N3O/c13-6-4-7(14)11(8(15)5-6)18-12(19)9-2-1-3-10(16)17-9/h1-5H,(H2,16,17)(H,18,19). The van der Waals surface area contributed by atoms with E-state index in [9.17, 15) is 4.79 Å². The van der Waals surface area contributed by atoms with Gasteiger partial charge in [-0.15, -0.1) is 0 Å². The van der Waals surface area contributed by atoms with E-state index in [1.54, 1.807) is 12.1 Å². The molecule has 98 valence electrons. The molecule has 0 saturated carbocycles. The molecule has 2 aromatic rings. The summed E-state index contributed by atoms with van der Waals surface area (Å²) >= 11 is 17.7. The predicted molar refractivity (Wildman–Crippen MR) is 78.1 cm³/mol. The van der Waals surface area contributed by atoms with Gasteiger partial charge in [-0.25, -0.2) is 4.98 Å². The average Bonchev–Trinajstić information content (AvgIpc) is 2.33. The molecular formula is C12H8Cl3N3O. The van der Waals surface area contributed by atoms with Crippen LogP contribution in [0.15, 0.2) is 30.3 Å². The maximum absolute atomic E-state index is 12.0. The smallest absolute Gasteiger partial charge is 0.274 e. The second-order valence-electron chi connectivity index (χ2n) is 3.65. The fourth-order valence-electron chi connectivity index (χ4n) is 1.42. The molecule has 2 rings (SSSR count). The van der Waals surface area contributed by atoms with Gasteiger partial charge < -0.3 is 11.1 Å². The first kappa shape index (κ1) is 13.9. The van der Waals surface area contributed by atoms with E-state index in [1.807, 2.05) is 0 Å². The van der Waals surface area contributed by atoms with E-state index in [0.29, 0.717) is 5.02 Å². The summed E-state index contributed by atoms with van der Waals surface area (Å²) in [4.78, 5) is 15.9. The lowest BCUT2D eigenvalue weighted by Crippen LogP contribution is -2.14. The number of anilines is 2. The minimum Gasteiger partial charge on any atom is -0.384 e. The van der Waals surface area contributed by atoms with Gasteiger partial charge in [0.05, 0.1) is 15.7 Å². The van der Waals surface area contributed by atoms with Crippen LogP contribution in [0.2, 0.25) is 15.1 Å². The van der Waals surface area contributed by atoms with Crippen molar-refractivity contribution in [1.82, 2.24) is 4.98 Å². The molecule has 0 aliphatic heterocycles. The summed E-state index contributed by atoms with van der Waals surface area (Å²) in [6.07, 6.45) is 0. The van der Waals surface area contributed by atoms with E-state index < -0.39 is 5.91 Å². The van der Waals surface area contributed by atoms with Crippen molar-refractivity contribution < 1.29 is 4.79 Å². The number of pyridine rings is 1. The van der Waals surface area contributed by atoms with E-state index in [0.717, 1.165) is 0 Å². The molecule has 19 heavy (non-hydrogen) atoms. The zero-order valence-electron chi connectivity index (χ0n) is 9.45. The third-order valence-corrected chi connectivity index (χ3v) is 3.06. The molecule has 1 aromatic carbocycles. The van der Waals surface area contributed by atoms with E-state index >= 15 is 0 Å². The number of carbonyl (C=O) groups excluding carboxylic acids is 1. The van der Waals surface area contributed by atoms with Gasteiger partial charge in [0.2, 0.25) is 0 Å². The van der Waals surface area contributed by atoms with Crippen molar-refractivity contribution in [2.75, 3.05) is 11.1 Å². The zero-order chi connectivity index (χ0) is 14.0. The van der Waals surface area contributed by atoms with Gasteiger partial charge in [-0.2, -0.15) is 0 Å². The summed E-state index contributed by atoms with van der Waals surface area (Å²) in [6, 6.07) is 7.71. The molecule has 0 bridgehead atoms. The number of nitrogens with zero attached hydrogens (tertiary/aromatic N) is 1. The summed E-state index contributed by atoms with van der Waals surface area (Å²) in [5.74, 6) is -0.209. The van der Waals surface area contributed by atoms with Crippen LogP contribution in [0.3, 0.4) is 0 Å². The Kier molecular flexibility index (Phi) is 4.14. The van der Waals surface area contributed by atoms with Crippen LogP contribution in [0.25, 0.3) is 0 Å². The molecule has 0 saturated heterocycles. The SMILES string of the molecule is Nc1cccc(C(=O)Nc2c(Cl)cc(Cl)cc2Cl)n1. The van der Waals surface area contributed by atoms with Crippen LogP contribution in [0, 0.1) is 0 Å². The lowest BCUT2D eigenvalue weighted by Gasteiger charge is -2.09. The molecule has 7 heteroatoms. The van der Waals surface area contributed by atoms with Gasteiger partial charge >= 0.3 is 0 Å². The van der Waals surface area contributed by atoms with Crippen LogP contribution in [-0.4, -0.2) is 10.9 Å². The first-order valence-electron chi connectivity index (χ1n) is 5.16. The maximum Gasteiger partial charge on any atom is 0.274 e. The van der Waals surface area contributed by atoms with Crippen molar-refractivity contribution in [2.24, 2.45) is 0 Å². The van der Waals surface area contributed by atoms with Crippen LogP contribution in [0.4, 0.5) is 11.5 Å². The quantitative estimate of drug-likeness (QED) is 0.883. The largest absolute Gasteiger partial charge is 0.384 e. The van der Waals surface area contributed by atoms with Crippen molar-refractivity contribution in [3.63, 3.8) is 0 Å². The first-order chi connectivity index (χ1) is 8.97. The Hall–Kier alpha value is -1.49. The number of carbonyl (C=O) groups is 1. The maximum atomic E-state index is 12.0. The minimum atomic E-state index is -0.460.